The van der Waals surface area contributed by atoms with E-state index in [-0.39, 0.29) is 0 Å². The summed E-state index contributed by atoms with van der Waals surface area (Å²) >= 11 is 1.48. The number of hydrogen-bond acceptors (Lipinski definition) is 8. The topological polar surface area (TPSA) is 79.7 Å². The molecule has 0 radical (unpaired) electrons. The van der Waals surface area contributed by atoms with Crippen LogP contribution >= 0.6 is 11.3 Å². The van der Waals surface area contributed by atoms with Gasteiger partial charge < -0.3 is 23.4 Å². The summed E-state index contributed by atoms with van der Waals surface area (Å²) in [7, 11) is 6.37. The van der Waals surface area contributed by atoms with Gasteiger partial charge in [-0.3, -0.25) is 4.99 Å². The molecule has 0 fully saturated rings. The van der Waals surface area contributed by atoms with E-state index >= 15 is 0 Å². The number of aromatic nitrogens is 1. The van der Waals surface area contributed by atoms with Crippen molar-refractivity contribution in [3.63, 3.8) is 0 Å². The average molecular weight is 417 g/mol. The van der Waals surface area contributed by atoms with Crippen molar-refractivity contribution in [2.45, 2.75) is 0 Å². The zero-order chi connectivity index (χ0) is 20.6. The lowest BCUT2D eigenvalue weighted by atomic mass is 10.2. The second kappa shape index (κ2) is 9.94. The molecule has 3 rings (SSSR count). The Bertz CT molecular complexity index is 996. The number of rotatable bonds is 9. The van der Waals surface area contributed by atoms with Crippen LogP contribution in [0, 0.1) is 0 Å². The zero-order valence-electron chi connectivity index (χ0n) is 16.7. The van der Waals surface area contributed by atoms with Crippen LogP contribution in [0.1, 0.15) is 5.56 Å². The first kappa shape index (κ1) is 20.7. The number of ether oxygens (including phenoxy) is 4. The van der Waals surface area contributed by atoms with Crippen molar-refractivity contribution in [1.82, 2.24) is 4.68 Å². The van der Waals surface area contributed by atoms with Gasteiger partial charge in [0.15, 0.2) is 17.3 Å². The summed E-state index contributed by atoms with van der Waals surface area (Å²) in [6.07, 6.45) is 3.33. The fourth-order valence-electron chi connectivity index (χ4n) is 2.65. The highest BCUT2D eigenvalue weighted by Gasteiger charge is 2.13. The molecule has 0 saturated carbocycles. The number of benzene rings is 1. The molecule has 3 aromatic rings. The molecule has 8 nitrogen and oxygen atoms in total. The molecular weight excluding hydrogens is 394 g/mol. The highest BCUT2D eigenvalue weighted by atomic mass is 32.1. The minimum atomic E-state index is 0.530. The highest BCUT2D eigenvalue weighted by molar-refractivity contribution is 7.07. The summed E-state index contributed by atoms with van der Waals surface area (Å²) in [4.78, 5) is 5.30. The van der Waals surface area contributed by atoms with Gasteiger partial charge in [0.2, 0.25) is 10.6 Å². The summed E-state index contributed by atoms with van der Waals surface area (Å²) in [5, 5.41) is 6.59. The van der Waals surface area contributed by atoms with E-state index in [2.05, 4.69) is 10.1 Å². The standard InChI is InChI=1S/C20H23N3O5S/c1-24-9-7-21-20-23(15(13-29-20)16-6-5-8-28-16)22-12-14-10-17(25-2)19(27-4)18(11-14)26-3/h5-6,8,10-13H,7,9H2,1-4H3/b21-20?,22-12-. The number of methoxy groups -OCH3 is 4. The number of thiazole rings is 1. The van der Waals surface area contributed by atoms with Crippen molar-refractivity contribution in [3.8, 4) is 28.7 Å². The normalized spacial score (nSPS) is 11.9. The fourth-order valence-corrected chi connectivity index (χ4v) is 3.49. The van der Waals surface area contributed by atoms with E-state index in [1.54, 1.807) is 45.6 Å². The minimum Gasteiger partial charge on any atom is -0.493 e. The Morgan fingerprint density at radius 1 is 1.10 bits per heavy atom. The van der Waals surface area contributed by atoms with E-state index in [0.29, 0.717) is 36.2 Å². The number of hydrogen-bond donors (Lipinski definition) is 0. The van der Waals surface area contributed by atoms with Gasteiger partial charge in [-0.15, -0.1) is 11.3 Å². The van der Waals surface area contributed by atoms with Crippen LogP contribution in [-0.4, -0.2) is 52.5 Å². The van der Waals surface area contributed by atoms with Gasteiger partial charge in [0, 0.05) is 18.1 Å². The molecule has 0 saturated heterocycles. The van der Waals surface area contributed by atoms with Gasteiger partial charge in [-0.25, -0.2) is 4.68 Å². The van der Waals surface area contributed by atoms with E-state index in [0.717, 1.165) is 16.1 Å². The molecular formula is C20H23N3O5S. The zero-order valence-corrected chi connectivity index (χ0v) is 17.6. The quantitative estimate of drug-likeness (QED) is 0.394. The maximum absolute atomic E-state index is 5.54. The van der Waals surface area contributed by atoms with Gasteiger partial charge in [0.25, 0.3) is 0 Å². The second-order valence-corrected chi connectivity index (χ2v) is 6.61. The van der Waals surface area contributed by atoms with Gasteiger partial charge >= 0.3 is 0 Å². The van der Waals surface area contributed by atoms with E-state index in [1.807, 2.05) is 29.6 Å². The Morgan fingerprint density at radius 2 is 1.86 bits per heavy atom. The van der Waals surface area contributed by atoms with Crippen LogP contribution in [0.15, 0.2) is 50.4 Å². The maximum Gasteiger partial charge on any atom is 0.206 e. The first-order valence-corrected chi connectivity index (χ1v) is 9.68. The molecule has 0 aliphatic rings. The van der Waals surface area contributed by atoms with Crippen molar-refractivity contribution in [2.75, 3.05) is 41.6 Å². The maximum atomic E-state index is 5.54. The molecule has 0 amide bonds. The average Bonchev–Trinajstić information content (AvgIpc) is 3.41. The molecule has 0 bridgehead atoms. The molecule has 154 valence electrons. The van der Waals surface area contributed by atoms with Gasteiger partial charge in [-0.2, -0.15) is 5.10 Å². The summed E-state index contributed by atoms with van der Waals surface area (Å²) in [5.41, 5.74) is 1.59. The Hall–Kier alpha value is -3.04. The second-order valence-electron chi connectivity index (χ2n) is 5.77. The molecule has 2 aromatic heterocycles. The van der Waals surface area contributed by atoms with Gasteiger partial charge in [-0.1, -0.05) is 0 Å². The van der Waals surface area contributed by atoms with Crippen LogP contribution in [0.5, 0.6) is 17.2 Å². The van der Waals surface area contributed by atoms with Gasteiger partial charge in [0.1, 0.15) is 5.69 Å². The highest BCUT2D eigenvalue weighted by Crippen LogP contribution is 2.37. The molecule has 2 heterocycles. The lowest BCUT2D eigenvalue weighted by Gasteiger charge is -2.12. The first-order valence-electron chi connectivity index (χ1n) is 8.80. The molecule has 1 aromatic carbocycles. The van der Waals surface area contributed by atoms with E-state index < -0.39 is 0 Å². The summed E-state index contributed by atoms with van der Waals surface area (Å²) in [6, 6.07) is 7.37. The lowest BCUT2D eigenvalue weighted by Crippen LogP contribution is -2.13. The van der Waals surface area contributed by atoms with Crippen LogP contribution in [0.3, 0.4) is 0 Å². The Morgan fingerprint density at radius 3 is 2.45 bits per heavy atom. The Balaban J connectivity index is 2.04. The van der Waals surface area contributed by atoms with Crippen LogP contribution in [0.4, 0.5) is 0 Å². The summed E-state index contributed by atoms with van der Waals surface area (Å²) < 4.78 is 28.6. The van der Waals surface area contributed by atoms with E-state index in [9.17, 15) is 0 Å². The van der Waals surface area contributed by atoms with Crippen LogP contribution in [0.2, 0.25) is 0 Å². The molecule has 0 aliphatic heterocycles. The van der Waals surface area contributed by atoms with Crippen molar-refractivity contribution < 1.29 is 23.4 Å². The third kappa shape index (κ3) is 4.69. The predicted octanol–water partition coefficient (Wildman–Crippen LogP) is 3.26. The van der Waals surface area contributed by atoms with E-state index in [1.165, 1.54) is 11.3 Å². The van der Waals surface area contributed by atoms with E-state index in [4.69, 9.17) is 23.4 Å². The first-order chi connectivity index (χ1) is 14.2. The van der Waals surface area contributed by atoms with Gasteiger partial charge in [0.05, 0.1) is 47.0 Å². The van der Waals surface area contributed by atoms with Gasteiger partial charge in [-0.05, 0) is 24.3 Å². The monoisotopic (exact) mass is 417 g/mol. The third-order valence-corrected chi connectivity index (χ3v) is 4.86. The summed E-state index contributed by atoms with van der Waals surface area (Å²) in [6.45, 7) is 1.07. The fraction of sp³-hybridized carbons (Fsp3) is 0.300. The Kier molecular flexibility index (Phi) is 7.09. The van der Waals surface area contributed by atoms with Crippen molar-refractivity contribution in [1.29, 1.82) is 0 Å². The minimum absolute atomic E-state index is 0.530. The Labute approximate surface area is 172 Å². The number of furan rings is 1. The van der Waals surface area contributed by atoms with Crippen LogP contribution in [0.25, 0.3) is 11.5 Å². The summed E-state index contributed by atoms with van der Waals surface area (Å²) in [5.74, 6) is 2.35. The largest absolute Gasteiger partial charge is 0.493 e. The van der Waals surface area contributed by atoms with Crippen molar-refractivity contribution >= 4 is 17.6 Å². The van der Waals surface area contributed by atoms with Crippen LogP contribution < -0.4 is 19.0 Å². The predicted molar refractivity (Wildman–Crippen MR) is 111 cm³/mol. The number of nitrogens with zero attached hydrogens (tertiary/aromatic N) is 3. The molecule has 0 atom stereocenters. The van der Waals surface area contributed by atoms with Crippen LogP contribution in [-0.2, 0) is 4.74 Å². The molecule has 0 N–H and O–H groups in total. The van der Waals surface area contributed by atoms with Crippen molar-refractivity contribution in [3.05, 3.63) is 46.3 Å². The molecule has 9 heteroatoms. The molecule has 0 unspecified atom stereocenters. The third-order valence-electron chi connectivity index (χ3n) is 4.01. The molecule has 29 heavy (non-hydrogen) atoms. The van der Waals surface area contributed by atoms with Crippen molar-refractivity contribution in [2.24, 2.45) is 10.1 Å². The smallest absolute Gasteiger partial charge is 0.206 e. The lowest BCUT2D eigenvalue weighted by molar-refractivity contribution is 0.207. The molecule has 0 spiro atoms. The SMILES string of the molecule is COCCN=c1scc(-c2ccco2)n1/N=C\c1cc(OC)c(OC)c(OC)c1. The molecule has 0 aliphatic carbocycles.